The Morgan fingerprint density at radius 1 is 1.64 bits per heavy atom. The van der Waals surface area contributed by atoms with Crippen LogP contribution in [0.5, 0.6) is 0 Å². The zero-order valence-corrected chi connectivity index (χ0v) is 6.85. The molecule has 0 aromatic rings. The minimum absolute atomic E-state index is 0.669. The summed E-state index contributed by atoms with van der Waals surface area (Å²) in [5, 5.41) is 0. The fraction of sp³-hybridized carbons (Fsp3) is 0.400. The number of allylic oxidation sites excluding steroid dienone is 3. The van der Waals surface area contributed by atoms with Crippen LogP contribution in [0.25, 0.3) is 0 Å². The Bertz CT molecular complexity index is 248. The molecule has 0 heterocycles. The molecule has 0 fully saturated rings. The maximum absolute atomic E-state index is 5.52. The van der Waals surface area contributed by atoms with Gasteiger partial charge in [0.1, 0.15) is 0 Å². The molecule has 0 aliphatic heterocycles. The van der Waals surface area contributed by atoms with E-state index in [1.165, 1.54) is 5.57 Å². The molecule has 1 heteroatoms. The number of rotatable bonds is 1. The first kappa shape index (κ1) is 8.10. The summed E-state index contributed by atoms with van der Waals surface area (Å²) in [7, 11) is 0. The van der Waals surface area contributed by atoms with Gasteiger partial charge in [-0.2, -0.15) is 0 Å². The molecule has 0 saturated heterocycles. The van der Waals surface area contributed by atoms with E-state index in [9.17, 15) is 0 Å². The standard InChI is InChI=1S/C10H13N/c1-2-4-9-5-3-6-10(7-9)8-11/h5,7H,3,6,8,11H2,1H3. The third kappa shape index (κ3) is 2.25. The van der Waals surface area contributed by atoms with Crippen LogP contribution in [0.4, 0.5) is 0 Å². The minimum atomic E-state index is 0.669. The summed E-state index contributed by atoms with van der Waals surface area (Å²) >= 11 is 0. The summed E-state index contributed by atoms with van der Waals surface area (Å²) in [4.78, 5) is 0. The van der Waals surface area contributed by atoms with E-state index in [1.54, 1.807) is 0 Å². The van der Waals surface area contributed by atoms with Gasteiger partial charge in [0.2, 0.25) is 0 Å². The van der Waals surface area contributed by atoms with E-state index >= 15 is 0 Å². The van der Waals surface area contributed by atoms with Crippen LogP contribution in [0, 0.1) is 11.8 Å². The molecule has 11 heavy (non-hydrogen) atoms. The van der Waals surface area contributed by atoms with Gasteiger partial charge in [0.15, 0.2) is 0 Å². The molecule has 0 unspecified atom stereocenters. The molecule has 0 atom stereocenters. The predicted octanol–water partition coefficient (Wildman–Crippen LogP) is 1.61. The highest BCUT2D eigenvalue weighted by atomic mass is 14.5. The highest BCUT2D eigenvalue weighted by Gasteiger charge is 2.00. The Hall–Kier alpha value is -1.00. The van der Waals surface area contributed by atoms with Gasteiger partial charge in [0, 0.05) is 12.1 Å². The van der Waals surface area contributed by atoms with Gasteiger partial charge in [-0.25, -0.2) is 0 Å². The molecule has 2 N–H and O–H groups in total. The quantitative estimate of drug-likeness (QED) is 0.560. The van der Waals surface area contributed by atoms with Crippen molar-refractivity contribution in [3.63, 3.8) is 0 Å². The summed E-state index contributed by atoms with van der Waals surface area (Å²) in [5.74, 6) is 5.91. The first-order chi connectivity index (χ1) is 5.36. The van der Waals surface area contributed by atoms with Crippen molar-refractivity contribution in [3.8, 4) is 11.8 Å². The Kier molecular flexibility index (Phi) is 2.95. The molecular weight excluding hydrogens is 134 g/mol. The fourth-order valence-corrected chi connectivity index (χ4v) is 1.16. The molecule has 1 nitrogen and oxygen atoms in total. The van der Waals surface area contributed by atoms with Crippen LogP contribution in [0.1, 0.15) is 19.8 Å². The second-order valence-electron chi connectivity index (χ2n) is 2.58. The summed E-state index contributed by atoms with van der Waals surface area (Å²) in [6, 6.07) is 0. The first-order valence-electron chi connectivity index (χ1n) is 3.89. The Balaban J connectivity index is 2.73. The van der Waals surface area contributed by atoms with Gasteiger partial charge in [0.25, 0.3) is 0 Å². The molecule has 0 spiro atoms. The van der Waals surface area contributed by atoms with Gasteiger partial charge in [-0.1, -0.05) is 17.6 Å². The summed E-state index contributed by atoms with van der Waals surface area (Å²) in [6.07, 6.45) is 6.45. The van der Waals surface area contributed by atoms with Crippen molar-refractivity contribution in [2.45, 2.75) is 19.8 Å². The lowest BCUT2D eigenvalue weighted by atomic mass is 10.00. The third-order valence-corrected chi connectivity index (χ3v) is 1.72. The highest BCUT2D eigenvalue weighted by molar-refractivity contribution is 5.42. The van der Waals surface area contributed by atoms with Gasteiger partial charge >= 0.3 is 0 Å². The molecule has 1 aliphatic rings. The van der Waals surface area contributed by atoms with Gasteiger partial charge in [-0.05, 0) is 25.8 Å². The Morgan fingerprint density at radius 2 is 2.45 bits per heavy atom. The van der Waals surface area contributed by atoms with Crippen LogP contribution in [-0.2, 0) is 0 Å². The smallest absolute Gasteiger partial charge is 0.0205 e. The zero-order valence-electron chi connectivity index (χ0n) is 6.85. The van der Waals surface area contributed by atoms with Crippen molar-refractivity contribution in [1.82, 2.24) is 0 Å². The van der Waals surface area contributed by atoms with Crippen LogP contribution in [0.2, 0.25) is 0 Å². The molecule has 0 bridgehead atoms. The largest absolute Gasteiger partial charge is 0.327 e. The normalized spacial score (nSPS) is 16.2. The van der Waals surface area contributed by atoms with Crippen molar-refractivity contribution in [1.29, 1.82) is 0 Å². The summed E-state index contributed by atoms with van der Waals surface area (Å²) < 4.78 is 0. The second kappa shape index (κ2) is 4.00. The SMILES string of the molecule is CC#CC1=CCCC(CN)=C1. The average molecular weight is 147 g/mol. The molecule has 0 radical (unpaired) electrons. The van der Waals surface area contributed by atoms with Crippen LogP contribution in [-0.4, -0.2) is 6.54 Å². The van der Waals surface area contributed by atoms with E-state index in [0.29, 0.717) is 6.54 Å². The second-order valence-corrected chi connectivity index (χ2v) is 2.58. The fourth-order valence-electron chi connectivity index (χ4n) is 1.16. The lowest BCUT2D eigenvalue weighted by molar-refractivity contribution is 0.910. The number of hydrogen-bond donors (Lipinski definition) is 1. The molecule has 0 aromatic heterocycles. The van der Waals surface area contributed by atoms with Crippen LogP contribution in [0.3, 0.4) is 0 Å². The van der Waals surface area contributed by atoms with Crippen molar-refractivity contribution < 1.29 is 0 Å². The van der Waals surface area contributed by atoms with Crippen molar-refractivity contribution >= 4 is 0 Å². The Labute approximate surface area is 68.0 Å². The van der Waals surface area contributed by atoms with Crippen LogP contribution < -0.4 is 5.73 Å². The summed E-state index contributed by atoms with van der Waals surface area (Å²) in [5.41, 5.74) is 7.95. The zero-order chi connectivity index (χ0) is 8.10. The van der Waals surface area contributed by atoms with E-state index < -0.39 is 0 Å². The topological polar surface area (TPSA) is 26.0 Å². The van der Waals surface area contributed by atoms with E-state index in [2.05, 4.69) is 24.0 Å². The molecular formula is C10H13N. The third-order valence-electron chi connectivity index (χ3n) is 1.72. The number of hydrogen-bond acceptors (Lipinski definition) is 1. The minimum Gasteiger partial charge on any atom is -0.327 e. The lowest BCUT2D eigenvalue weighted by Gasteiger charge is -2.07. The predicted molar refractivity (Wildman–Crippen MR) is 47.9 cm³/mol. The van der Waals surface area contributed by atoms with Crippen molar-refractivity contribution in [2.75, 3.05) is 6.54 Å². The lowest BCUT2D eigenvalue weighted by Crippen LogP contribution is -2.05. The van der Waals surface area contributed by atoms with Crippen LogP contribution >= 0.6 is 0 Å². The van der Waals surface area contributed by atoms with Crippen molar-refractivity contribution in [2.24, 2.45) is 5.73 Å². The first-order valence-corrected chi connectivity index (χ1v) is 3.89. The van der Waals surface area contributed by atoms with Gasteiger partial charge in [0.05, 0.1) is 0 Å². The molecule has 1 rings (SSSR count). The van der Waals surface area contributed by atoms with E-state index in [1.807, 2.05) is 6.92 Å². The molecule has 0 amide bonds. The van der Waals surface area contributed by atoms with Gasteiger partial charge in [-0.3, -0.25) is 0 Å². The van der Waals surface area contributed by atoms with E-state index in [-0.39, 0.29) is 0 Å². The summed E-state index contributed by atoms with van der Waals surface area (Å²) in [6.45, 7) is 2.52. The maximum Gasteiger partial charge on any atom is 0.0205 e. The van der Waals surface area contributed by atoms with Crippen molar-refractivity contribution in [3.05, 3.63) is 23.3 Å². The monoisotopic (exact) mass is 147 g/mol. The Morgan fingerprint density at radius 3 is 3.09 bits per heavy atom. The van der Waals surface area contributed by atoms with Gasteiger partial charge in [-0.15, -0.1) is 5.92 Å². The van der Waals surface area contributed by atoms with Gasteiger partial charge < -0.3 is 5.73 Å². The number of nitrogens with two attached hydrogens (primary N) is 1. The molecule has 58 valence electrons. The molecule has 1 aliphatic carbocycles. The van der Waals surface area contributed by atoms with E-state index in [0.717, 1.165) is 18.4 Å². The van der Waals surface area contributed by atoms with E-state index in [4.69, 9.17) is 5.73 Å². The van der Waals surface area contributed by atoms with Crippen LogP contribution in [0.15, 0.2) is 23.3 Å². The molecule has 0 saturated carbocycles. The average Bonchev–Trinajstić information content (AvgIpc) is 2.06. The maximum atomic E-state index is 5.52. The molecule has 0 aromatic carbocycles. The highest BCUT2D eigenvalue weighted by Crippen LogP contribution is 2.15.